The highest BCUT2D eigenvalue weighted by Crippen LogP contribution is 2.30. The van der Waals surface area contributed by atoms with Gasteiger partial charge in [0.05, 0.1) is 6.17 Å². The molecule has 1 aromatic carbocycles. The van der Waals surface area contributed by atoms with Gasteiger partial charge in [0.2, 0.25) is 0 Å². The predicted octanol–water partition coefficient (Wildman–Crippen LogP) is 0.495. The third-order valence-corrected chi connectivity index (χ3v) is 4.18. The maximum atomic E-state index is 11.3. The second-order valence-corrected chi connectivity index (χ2v) is 5.39. The molecule has 0 spiro atoms. The van der Waals surface area contributed by atoms with Gasteiger partial charge in [0.1, 0.15) is 6.04 Å². The Bertz CT molecular complexity index is 503. The van der Waals surface area contributed by atoms with Crippen molar-refractivity contribution in [2.24, 2.45) is 5.73 Å². The monoisotopic (exact) mass is 261 g/mol. The molecule has 1 heterocycles. The highest BCUT2D eigenvalue weighted by atomic mass is 16.4. The summed E-state index contributed by atoms with van der Waals surface area (Å²) in [5.74, 6) is -1.10. The quantitative estimate of drug-likeness (QED) is 0.622. The number of rotatable bonds is 2. The summed E-state index contributed by atoms with van der Waals surface area (Å²) in [7, 11) is 0. The Morgan fingerprint density at radius 2 is 1.95 bits per heavy atom. The lowest BCUT2D eigenvalue weighted by molar-refractivity contribution is -0.139. The van der Waals surface area contributed by atoms with Gasteiger partial charge in [0.15, 0.2) is 0 Å². The molecule has 102 valence electrons. The van der Waals surface area contributed by atoms with Crippen LogP contribution in [0, 0.1) is 0 Å². The van der Waals surface area contributed by atoms with Gasteiger partial charge >= 0.3 is 5.97 Å². The summed E-state index contributed by atoms with van der Waals surface area (Å²) in [6.45, 7) is 0. The Labute approximate surface area is 112 Å². The third-order valence-electron chi connectivity index (χ3n) is 4.18. The second kappa shape index (κ2) is 4.92. The molecule has 0 saturated carbocycles. The molecule has 2 aliphatic rings. The molecule has 1 fully saturated rings. The zero-order chi connectivity index (χ0) is 13.4. The first-order chi connectivity index (χ1) is 9.16. The molecule has 5 heteroatoms. The van der Waals surface area contributed by atoms with Gasteiger partial charge in [-0.2, -0.15) is 0 Å². The maximum absolute atomic E-state index is 11.3. The number of carboxylic acid groups (broad SMARTS) is 1. The van der Waals surface area contributed by atoms with E-state index < -0.39 is 12.0 Å². The van der Waals surface area contributed by atoms with Crippen molar-refractivity contribution >= 4 is 5.97 Å². The number of aryl methyl sites for hydroxylation is 2. The van der Waals surface area contributed by atoms with Crippen molar-refractivity contribution < 1.29 is 9.90 Å². The molecule has 3 rings (SSSR count). The second-order valence-electron chi connectivity index (χ2n) is 5.39. The number of nitrogens with two attached hydrogens (primary N) is 1. The average Bonchev–Trinajstić information content (AvgIpc) is 2.80. The lowest BCUT2D eigenvalue weighted by atomic mass is 9.85. The first kappa shape index (κ1) is 12.6. The number of benzene rings is 1. The Morgan fingerprint density at radius 1 is 1.21 bits per heavy atom. The van der Waals surface area contributed by atoms with Crippen LogP contribution in [0.4, 0.5) is 0 Å². The van der Waals surface area contributed by atoms with E-state index in [0.29, 0.717) is 0 Å². The van der Waals surface area contributed by atoms with E-state index in [-0.39, 0.29) is 12.1 Å². The van der Waals surface area contributed by atoms with Crippen molar-refractivity contribution in [1.82, 2.24) is 10.9 Å². The Balaban J connectivity index is 1.94. The van der Waals surface area contributed by atoms with Crippen LogP contribution in [0.1, 0.15) is 35.4 Å². The van der Waals surface area contributed by atoms with Gasteiger partial charge < -0.3 is 10.8 Å². The number of fused-ring (bicyclic) bond motifs is 1. The van der Waals surface area contributed by atoms with Crippen molar-refractivity contribution in [1.29, 1.82) is 0 Å². The summed E-state index contributed by atoms with van der Waals surface area (Å²) in [6, 6.07) is 5.63. The number of carboxylic acids is 1. The van der Waals surface area contributed by atoms with E-state index in [2.05, 4.69) is 23.0 Å². The van der Waals surface area contributed by atoms with Crippen LogP contribution in [-0.2, 0) is 17.6 Å². The van der Waals surface area contributed by atoms with Gasteiger partial charge in [0, 0.05) is 5.92 Å². The minimum absolute atomic E-state index is 0.232. The van der Waals surface area contributed by atoms with Crippen molar-refractivity contribution in [2.45, 2.75) is 43.8 Å². The van der Waals surface area contributed by atoms with Gasteiger partial charge in [-0.3, -0.25) is 4.79 Å². The lowest BCUT2D eigenvalue weighted by Gasteiger charge is -2.22. The van der Waals surface area contributed by atoms with Crippen molar-refractivity contribution in [3.8, 4) is 0 Å². The topological polar surface area (TPSA) is 87.4 Å². The van der Waals surface area contributed by atoms with Crippen LogP contribution in [0.2, 0.25) is 0 Å². The fourth-order valence-corrected chi connectivity index (χ4v) is 3.15. The van der Waals surface area contributed by atoms with E-state index in [0.717, 1.165) is 18.4 Å². The third kappa shape index (κ3) is 2.25. The molecule has 0 radical (unpaired) electrons. The molecule has 1 aliphatic carbocycles. The van der Waals surface area contributed by atoms with Crippen LogP contribution >= 0.6 is 0 Å². The molecule has 0 bridgehead atoms. The molecule has 0 amide bonds. The fourth-order valence-electron chi connectivity index (χ4n) is 3.15. The van der Waals surface area contributed by atoms with Crippen molar-refractivity contribution in [3.05, 3.63) is 34.9 Å². The highest BCUT2D eigenvalue weighted by molar-refractivity contribution is 5.75. The highest BCUT2D eigenvalue weighted by Gasteiger charge is 2.39. The van der Waals surface area contributed by atoms with Gasteiger partial charge in [-0.15, -0.1) is 0 Å². The Morgan fingerprint density at radius 3 is 2.68 bits per heavy atom. The summed E-state index contributed by atoms with van der Waals surface area (Å²) in [4.78, 5) is 11.3. The first-order valence-electron chi connectivity index (χ1n) is 6.78. The normalized spacial score (nSPS) is 30.1. The molecule has 3 atom stereocenters. The number of carbonyl (C=O) groups is 1. The van der Waals surface area contributed by atoms with Gasteiger partial charge in [-0.25, -0.2) is 10.9 Å². The minimum Gasteiger partial charge on any atom is -0.480 e. The van der Waals surface area contributed by atoms with E-state index >= 15 is 0 Å². The van der Waals surface area contributed by atoms with Crippen LogP contribution in [0.5, 0.6) is 0 Å². The standard InChI is InChI=1S/C14H19N3O2/c15-13-11(12(14(18)19)16-17-13)10-6-5-8-3-1-2-4-9(8)7-10/h5-7,11-13,16-17H,1-4,15H2,(H,18,19). The summed E-state index contributed by atoms with van der Waals surface area (Å²) in [6.07, 6.45) is 4.31. The number of nitrogens with one attached hydrogen (secondary N) is 2. The van der Waals surface area contributed by atoms with Crippen LogP contribution in [-0.4, -0.2) is 23.3 Å². The summed E-state index contributed by atoms with van der Waals surface area (Å²) < 4.78 is 0. The lowest BCUT2D eigenvalue weighted by Crippen LogP contribution is -2.39. The van der Waals surface area contributed by atoms with Crippen LogP contribution in [0.3, 0.4) is 0 Å². The van der Waals surface area contributed by atoms with E-state index in [9.17, 15) is 9.90 Å². The molecule has 1 saturated heterocycles. The molecule has 19 heavy (non-hydrogen) atoms. The van der Waals surface area contributed by atoms with Gasteiger partial charge in [-0.1, -0.05) is 18.2 Å². The average molecular weight is 261 g/mol. The predicted molar refractivity (Wildman–Crippen MR) is 71.5 cm³/mol. The SMILES string of the molecule is NC1NNC(C(=O)O)C1c1ccc2c(c1)CCCC2. The molecule has 1 aliphatic heterocycles. The molecule has 5 N–H and O–H groups in total. The van der Waals surface area contributed by atoms with E-state index in [1.807, 2.05) is 6.07 Å². The van der Waals surface area contributed by atoms with Crippen LogP contribution < -0.4 is 16.6 Å². The number of aliphatic carboxylic acids is 1. The maximum Gasteiger partial charge on any atom is 0.322 e. The van der Waals surface area contributed by atoms with Crippen molar-refractivity contribution in [3.63, 3.8) is 0 Å². The van der Waals surface area contributed by atoms with Gasteiger partial charge in [-0.05, 0) is 42.4 Å². The molecular formula is C14H19N3O2. The van der Waals surface area contributed by atoms with E-state index in [4.69, 9.17) is 5.73 Å². The molecule has 5 nitrogen and oxygen atoms in total. The molecule has 1 aromatic rings. The Hall–Kier alpha value is -1.43. The minimum atomic E-state index is -0.872. The zero-order valence-electron chi connectivity index (χ0n) is 10.7. The van der Waals surface area contributed by atoms with Gasteiger partial charge in [0.25, 0.3) is 0 Å². The first-order valence-corrected chi connectivity index (χ1v) is 6.78. The number of hydrogen-bond donors (Lipinski definition) is 4. The summed E-state index contributed by atoms with van der Waals surface area (Å²) in [5, 5.41) is 9.24. The smallest absolute Gasteiger partial charge is 0.322 e. The fraction of sp³-hybridized carbons (Fsp3) is 0.500. The van der Waals surface area contributed by atoms with Crippen LogP contribution in [0.25, 0.3) is 0 Å². The number of hydrazine groups is 1. The number of hydrogen-bond acceptors (Lipinski definition) is 4. The van der Waals surface area contributed by atoms with Crippen molar-refractivity contribution in [2.75, 3.05) is 0 Å². The van der Waals surface area contributed by atoms with E-state index in [1.54, 1.807) is 0 Å². The zero-order valence-corrected chi connectivity index (χ0v) is 10.7. The summed E-state index contributed by atoms with van der Waals surface area (Å²) >= 11 is 0. The van der Waals surface area contributed by atoms with E-state index in [1.165, 1.54) is 24.0 Å². The molecule has 3 unspecified atom stereocenters. The molecular weight excluding hydrogens is 242 g/mol. The Kier molecular flexibility index (Phi) is 3.26. The molecule has 0 aromatic heterocycles. The largest absolute Gasteiger partial charge is 0.480 e. The summed E-state index contributed by atoms with van der Waals surface area (Å²) in [5.41, 5.74) is 15.3. The van der Waals surface area contributed by atoms with Crippen LogP contribution in [0.15, 0.2) is 18.2 Å².